The Hall–Kier alpha value is -5.83. The molecule has 0 saturated heterocycles. The second-order valence-corrected chi connectivity index (χ2v) is 11.4. The summed E-state index contributed by atoms with van der Waals surface area (Å²) in [5, 5.41) is 1.83. The van der Waals surface area contributed by atoms with Crippen molar-refractivity contribution < 1.29 is 19.1 Å². The van der Waals surface area contributed by atoms with Crippen molar-refractivity contribution in [2.45, 2.75) is 13.0 Å². The summed E-state index contributed by atoms with van der Waals surface area (Å²) in [6.07, 6.45) is 2.01. The maximum atomic E-state index is 13.6. The van der Waals surface area contributed by atoms with Gasteiger partial charge < -0.3 is 18.8 Å². The van der Waals surface area contributed by atoms with Crippen LogP contribution in [0, 0.1) is 6.92 Å². The minimum Gasteiger partial charge on any atom is -0.457 e. The molecule has 2 aromatic heterocycles. The summed E-state index contributed by atoms with van der Waals surface area (Å²) >= 11 is 0. The highest BCUT2D eigenvalue weighted by atomic mass is 16.5. The van der Waals surface area contributed by atoms with E-state index < -0.39 is 17.9 Å². The van der Waals surface area contributed by atoms with Gasteiger partial charge in [0, 0.05) is 53.2 Å². The third-order valence-corrected chi connectivity index (χ3v) is 8.38. The number of nitrogens with one attached hydrogen (secondary N) is 2. The van der Waals surface area contributed by atoms with E-state index in [1.165, 1.54) is 0 Å². The molecule has 3 heterocycles. The summed E-state index contributed by atoms with van der Waals surface area (Å²) < 4.78 is 9.79. The Morgan fingerprint density at radius 1 is 0.800 bits per heavy atom. The van der Waals surface area contributed by atoms with Gasteiger partial charge in [0.2, 0.25) is 0 Å². The van der Waals surface area contributed by atoms with E-state index in [2.05, 4.69) is 10.9 Å². The van der Waals surface area contributed by atoms with Crippen LogP contribution in [0.5, 0.6) is 11.5 Å². The number of hydrazine groups is 1. The van der Waals surface area contributed by atoms with E-state index in [9.17, 15) is 14.4 Å². The Labute approximate surface area is 259 Å². The second-order valence-electron chi connectivity index (χ2n) is 11.4. The van der Waals surface area contributed by atoms with Crippen LogP contribution in [-0.2, 0) is 18.9 Å². The lowest BCUT2D eigenvalue weighted by Gasteiger charge is -2.25. The zero-order chi connectivity index (χ0) is 31.2. The monoisotopic (exact) mass is 597 g/mol. The summed E-state index contributed by atoms with van der Waals surface area (Å²) in [4.78, 5) is 41.6. The number of aryl methyl sites for hydroxylation is 3. The number of benzene rings is 4. The number of hydrogen-bond donors (Lipinski definition) is 2. The smallest absolute Gasteiger partial charge is 0.286 e. The molecule has 3 amide bonds. The fourth-order valence-corrected chi connectivity index (χ4v) is 6.27. The zero-order valence-corrected chi connectivity index (χ0v) is 25.1. The number of para-hydroxylation sites is 1. The van der Waals surface area contributed by atoms with E-state index in [0.717, 1.165) is 44.2 Å². The van der Waals surface area contributed by atoms with Gasteiger partial charge in [0.15, 0.2) is 0 Å². The highest BCUT2D eigenvalue weighted by molar-refractivity contribution is 6.03. The first-order chi connectivity index (χ1) is 21.8. The topological polar surface area (TPSA) is 97.6 Å². The number of carbonyl (C=O) groups excluding carboxylic acids is 3. The van der Waals surface area contributed by atoms with Gasteiger partial charge in [-0.1, -0.05) is 48.5 Å². The van der Waals surface area contributed by atoms with Crippen molar-refractivity contribution in [3.63, 3.8) is 0 Å². The summed E-state index contributed by atoms with van der Waals surface area (Å²) in [7, 11) is 3.75. The van der Waals surface area contributed by atoms with Gasteiger partial charge in [-0.25, -0.2) is 0 Å². The van der Waals surface area contributed by atoms with Crippen LogP contribution in [0.25, 0.3) is 21.8 Å². The van der Waals surface area contributed by atoms with Crippen molar-refractivity contribution in [3.8, 4) is 11.5 Å². The van der Waals surface area contributed by atoms with Gasteiger partial charge in [0.1, 0.15) is 23.7 Å². The van der Waals surface area contributed by atoms with Gasteiger partial charge in [-0.3, -0.25) is 25.2 Å². The van der Waals surface area contributed by atoms with E-state index in [1.54, 1.807) is 28.6 Å². The van der Waals surface area contributed by atoms with Crippen molar-refractivity contribution >= 4 is 39.5 Å². The quantitative estimate of drug-likeness (QED) is 0.238. The maximum absolute atomic E-state index is 13.6. The molecule has 9 nitrogen and oxygen atoms in total. The first-order valence-electron chi connectivity index (χ1n) is 14.7. The van der Waals surface area contributed by atoms with Crippen molar-refractivity contribution in [2.75, 3.05) is 6.54 Å². The van der Waals surface area contributed by atoms with Gasteiger partial charge in [-0.2, -0.15) is 0 Å². The summed E-state index contributed by atoms with van der Waals surface area (Å²) in [6.45, 7) is 1.76. The van der Waals surface area contributed by atoms with Crippen molar-refractivity contribution in [2.24, 2.45) is 14.1 Å². The third kappa shape index (κ3) is 4.98. The second kappa shape index (κ2) is 11.0. The molecule has 2 N–H and O–H groups in total. The summed E-state index contributed by atoms with van der Waals surface area (Å²) in [5.41, 5.74) is 10.7. The molecule has 0 spiro atoms. The maximum Gasteiger partial charge on any atom is 0.286 e. The van der Waals surface area contributed by atoms with Crippen LogP contribution >= 0.6 is 0 Å². The van der Waals surface area contributed by atoms with Crippen molar-refractivity contribution in [1.82, 2.24) is 24.9 Å². The number of amides is 3. The van der Waals surface area contributed by atoms with Crippen molar-refractivity contribution in [3.05, 3.63) is 131 Å². The molecule has 1 atom stereocenters. The number of nitrogens with zero attached hydrogens (tertiary/aromatic N) is 3. The van der Waals surface area contributed by atoms with Crippen molar-refractivity contribution in [1.29, 1.82) is 0 Å². The Morgan fingerprint density at radius 3 is 2.42 bits per heavy atom. The highest BCUT2D eigenvalue weighted by Gasteiger charge is 2.39. The number of carbonyl (C=O) groups is 3. The molecule has 4 aromatic carbocycles. The standard InChI is InChI=1S/C36H31N5O4/c1-22-9-8-10-24(17-22)45-25-15-16-30-23(18-25)19-32(40(30)3)35(43)38-37-33(42)21-41-34(27-12-4-5-13-28(27)36(41)44)29-20-39(2)31-14-7-6-11-26(29)31/h4-20,34H,21H2,1-3H3,(H,37,42)(H,38,43). The van der Waals surface area contributed by atoms with Gasteiger partial charge >= 0.3 is 0 Å². The SMILES string of the molecule is Cc1cccc(Oc2ccc3c(c2)cc(C(=O)NNC(=O)CN2C(=O)c4ccccc4C2c2cn(C)c4ccccc24)n3C)c1. The lowest BCUT2D eigenvalue weighted by atomic mass is 9.97. The summed E-state index contributed by atoms with van der Waals surface area (Å²) in [5.74, 6) is 0.152. The van der Waals surface area contributed by atoms with E-state index >= 15 is 0 Å². The Balaban J connectivity index is 1.08. The first-order valence-corrected chi connectivity index (χ1v) is 14.7. The van der Waals surface area contributed by atoms with E-state index in [-0.39, 0.29) is 12.5 Å². The predicted molar refractivity (Wildman–Crippen MR) is 172 cm³/mol. The van der Waals surface area contributed by atoms with Gasteiger partial charge in [-0.15, -0.1) is 0 Å². The predicted octanol–water partition coefficient (Wildman–Crippen LogP) is 5.78. The molecule has 45 heavy (non-hydrogen) atoms. The first kappa shape index (κ1) is 28.0. The Kier molecular flexibility index (Phi) is 6.85. The number of ether oxygens (including phenoxy) is 1. The van der Waals surface area contributed by atoms with Crippen LogP contribution in [0.3, 0.4) is 0 Å². The molecule has 0 aliphatic carbocycles. The largest absolute Gasteiger partial charge is 0.457 e. The molecule has 0 radical (unpaired) electrons. The molecule has 9 heteroatoms. The molecule has 1 unspecified atom stereocenters. The van der Waals surface area contributed by atoms with Gasteiger partial charge in [0.05, 0.1) is 6.04 Å². The molecule has 1 aliphatic heterocycles. The third-order valence-electron chi connectivity index (χ3n) is 8.38. The average Bonchev–Trinajstić information content (AvgIpc) is 3.64. The molecule has 224 valence electrons. The van der Waals surface area contributed by atoms with Crippen LogP contribution in [0.1, 0.15) is 43.6 Å². The Morgan fingerprint density at radius 2 is 1.58 bits per heavy atom. The zero-order valence-electron chi connectivity index (χ0n) is 25.1. The summed E-state index contributed by atoms with van der Waals surface area (Å²) in [6, 6.07) is 30.1. The van der Waals surface area contributed by atoms with E-state index in [0.29, 0.717) is 17.0 Å². The van der Waals surface area contributed by atoms with E-state index in [1.807, 2.05) is 110 Å². The van der Waals surface area contributed by atoms with Crippen LogP contribution in [0.2, 0.25) is 0 Å². The molecular formula is C36H31N5O4. The minimum atomic E-state index is -0.512. The van der Waals surface area contributed by atoms with Crippen LogP contribution in [-0.4, -0.2) is 38.3 Å². The Bertz CT molecular complexity index is 2140. The van der Waals surface area contributed by atoms with E-state index in [4.69, 9.17) is 4.74 Å². The van der Waals surface area contributed by atoms with Gasteiger partial charge in [-0.05, 0) is 66.6 Å². The fourth-order valence-electron chi connectivity index (χ4n) is 6.27. The molecule has 6 aromatic rings. The lowest BCUT2D eigenvalue weighted by Crippen LogP contribution is -2.47. The van der Waals surface area contributed by atoms with Crippen LogP contribution in [0.15, 0.2) is 103 Å². The number of aromatic nitrogens is 2. The molecule has 1 aliphatic rings. The fraction of sp³-hybridized carbons (Fsp3) is 0.139. The molecule has 0 fully saturated rings. The molecule has 0 bridgehead atoms. The minimum absolute atomic E-state index is 0.234. The molecular weight excluding hydrogens is 566 g/mol. The normalized spacial score (nSPS) is 14.2. The number of rotatable bonds is 6. The lowest BCUT2D eigenvalue weighted by molar-refractivity contribution is -0.122. The average molecular weight is 598 g/mol. The van der Waals surface area contributed by atoms with Crippen LogP contribution < -0.4 is 15.6 Å². The number of fused-ring (bicyclic) bond motifs is 3. The van der Waals surface area contributed by atoms with Crippen LogP contribution in [0.4, 0.5) is 0 Å². The molecule has 0 saturated carbocycles. The highest BCUT2D eigenvalue weighted by Crippen LogP contribution is 2.41. The number of hydrogen-bond acceptors (Lipinski definition) is 4. The van der Waals surface area contributed by atoms with Gasteiger partial charge in [0.25, 0.3) is 17.7 Å². The molecule has 7 rings (SSSR count).